The number of hydrogen-bond acceptors (Lipinski definition) is 2. The average Bonchev–Trinajstić information content (AvgIpc) is 2.44. The van der Waals surface area contributed by atoms with Crippen molar-refractivity contribution in [3.63, 3.8) is 0 Å². The molecule has 0 aliphatic carbocycles. The molecule has 0 nitrogen and oxygen atoms in total. The minimum Gasteiger partial charge on any atom is -0.128 e. The molecule has 0 radical (unpaired) electrons. The summed E-state index contributed by atoms with van der Waals surface area (Å²) in [5, 5.41) is 2.10. The van der Waals surface area contributed by atoms with Crippen molar-refractivity contribution in [1.29, 1.82) is 0 Å². The van der Waals surface area contributed by atoms with E-state index in [-0.39, 0.29) is 0 Å². The van der Waals surface area contributed by atoms with E-state index in [0.29, 0.717) is 0 Å². The smallest absolute Gasteiger partial charge is 0.0742 e. The molecule has 0 aliphatic rings. The highest BCUT2D eigenvalue weighted by Gasteiger charge is 2.08. The van der Waals surface area contributed by atoms with Crippen LogP contribution in [0.2, 0.25) is 5.02 Å². The Labute approximate surface area is 104 Å². The van der Waals surface area contributed by atoms with E-state index in [4.69, 9.17) is 11.6 Å². The predicted molar refractivity (Wildman–Crippen MR) is 71.3 cm³/mol. The molecular formula is C9H6ClIS2. The van der Waals surface area contributed by atoms with E-state index in [2.05, 4.69) is 34.9 Å². The van der Waals surface area contributed by atoms with E-state index >= 15 is 0 Å². The highest BCUT2D eigenvalue weighted by Crippen LogP contribution is 2.38. The molecule has 4 heteroatoms. The standard InChI is InChI=1S/C9H6ClIS2/c1-12-9-8(11)6-4-5(10)2-3-7(6)13-9/h2-4H,1H3. The summed E-state index contributed by atoms with van der Waals surface area (Å²) in [6, 6.07) is 6.07. The van der Waals surface area contributed by atoms with Crippen molar-refractivity contribution in [2.75, 3.05) is 6.26 Å². The first-order valence-corrected chi connectivity index (χ1v) is 7.13. The molecule has 1 aromatic heterocycles. The molecule has 2 aromatic rings. The molecule has 0 saturated carbocycles. The fourth-order valence-electron chi connectivity index (χ4n) is 1.15. The summed E-state index contributed by atoms with van der Waals surface area (Å²) in [6.07, 6.45) is 2.11. The molecule has 13 heavy (non-hydrogen) atoms. The molecule has 0 saturated heterocycles. The molecule has 0 atom stereocenters. The fourth-order valence-corrected chi connectivity index (χ4v) is 4.64. The molecule has 0 amide bonds. The molecule has 0 spiro atoms. The Kier molecular flexibility index (Phi) is 3.07. The van der Waals surface area contributed by atoms with Gasteiger partial charge in [0.1, 0.15) is 0 Å². The molecule has 0 unspecified atom stereocenters. The van der Waals surface area contributed by atoms with Crippen molar-refractivity contribution in [3.8, 4) is 0 Å². The zero-order valence-electron chi connectivity index (χ0n) is 6.80. The lowest BCUT2D eigenvalue weighted by molar-refractivity contribution is 1.67. The van der Waals surface area contributed by atoms with Crippen molar-refractivity contribution in [1.82, 2.24) is 0 Å². The lowest BCUT2D eigenvalue weighted by atomic mass is 10.3. The lowest BCUT2D eigenvalue weighted by Crippen LogP contribution is -1.69. The maximum atomic E-state index is 5.94. The first-order valence-electron chi connectivity index (χ1n) is 3.64. The first kappa shape index (κ1) is 10.1. The van der Waals surface area contributed by atoms with Gasteiger partial charge in [-0.3, -0.25) is 0 Å². The Hall–Kier alpha value is 0.550. The van der Waals surface area contributed by atoms with Crippen LogP contribution in [0.3, 0.4) is 0 Å². The number of fused-ring (bicyclic) bond motifs is 1. The maximum absolute atomic E-state index is 5.94. The highest BCUT2D eigenvalue weighted by atomic mass is 127. The summed E-state index contributed by atoms with van der Waals surface area (Å²) >= 11 is 11.9. The molecule has 1 heterocycles. The third kappa shape index (κ3) is 1.84. The van der Waals surface area contributed by atoms with E-state index in [1.165, 1.54) is 17.9 Å². The van der Waals surface area contributed by atoms with Crippen molar-refractivity contribution >= 4 is 67.4 Å². The van der Waals surface area contributed by atoms with Gasteiger partial charge < -0.3 is 0 Å². The largest absolute Gasteiger partial charge is 0.128 e. The van der Waals surface area contributed by atoms with Crippen molar-refractivity contribution in [3.05, 3.63) is 26.8 Å². The Bertz CT molecular complexity index is 450. The summed E-state index contributed by atoms with van der Waals surface area (Å²) in [7, 11) is 0. The SMILES string of the molecule is CSc1sc2ccc(Cl)cc2c1I. The minimum atomic E-state index is 0.816. The number of rotatable bonds is 1. The van der Waals surface area contributed by atoms with Crippen molar-refractivity contribution in [2.45, 2.75) is 4.21 Å². The minimum absolute atomic E-state index is 0.816. The summed E-state index contributed by atoms with van der Waals surface area (Å²) in [4.78, 5) is 0. The lowest BCUT2D eigenvalue weighted by Gasteiger charge is -1.91. The average molecular weight is 341 g/mol. The van der Waals surface area contributed by atoms with Gasteiger partial charge in [0, 0.05) is 18.7 Å². The third-order valence-electron chi connectivity index (χ3n) is 1.75. The second-order valence-corrected chi connectivity index (χ2v) is 6.19. The molecule has 0 aliphatic heterocycles. The van der Waals surface area contributed by atoms with E-state index in [1.54, 1.807) is 11.8 Å². The van der Waals surface area contributed by atoms with E-state index in [9.17, 15) is 0 Å². The molecule has 68 valence electrons. The van der Waals surface area contributed by atoms with Crippen LogP contribution in [-0.2, 0) is 0 Å². The van der Waals surface area contributed by atoms with Gasteiger partial charge in [0.2, 0.25) is 0 Å². The summed E-state index contributed by atoms with van der Waals surface area (Å²) in [5.41, 5.74) is 0. The summed E-state index contributed by atoms with van der Waals surface area (Å²) in [5.74, 6) is 0. The van der Waals surface area contributed by atoms with Crippen molar-refractivity contribution < 1.29 is 0 Å². The van der Waals surface area contributed by atoms with Gasteiger partial charge in [-0.1, -0.05) is 11.6 Å². The Morgan fingerprint density at radius 2 is 2.23 bits per heavy atom. The van der Waals surface area contributed by atoms with Crippen LogP contribution in [0.4, 0.5) is 0 Å². The maximum Gasteiger partial charge on any atom is 0.0742 e. The molecule has 0 bridgehead atoms. The third-order valence-corrected chi connectivity index (χ3v) is 6.12. The van der Waals surface area contributed by atoms with Gasteiger partial charge >= 0.3 is 0 Å². The second-order valence-electron chi connectivity index (χ2n) is 2.55. The van der Waals surface area contributed by atoms with Crippen LogP contribution in [0.25, 0.3) is 10.1 Å². The molecule has 0 N–H and O–H groups in total. The Balaban J connectivity index is 2.77. The molecule has 1 aromatic carbocycles. The predicted octanol–water partition coefficient (Wildman–Crippen LogP) is 4.88. The number of thiophene rings is 1. The Morgan fingerprint density at radius 1 is 1.46 bits per heavy atom. The van der Waals surface area contributed by atoms with E-state index in [0.717, 1.165) is 5.02 Å². The summed E-state index contributed by atoms with van der Waals surface area (Å²) in [6.45, 7) is 0. The monoisotopic (exact) mass is 340 g/mol. The normalized spacial score (nSPS) is 11.0. The van der Waals surface area contributed by atoms with Gasteiger partial charge in [0.25, 0.3) is 0 Å². The van der Waals surface area contributed by atoms with Gasteiger partial charge in [-0.05, 0) is 47.0 Å². The van der Waals surface area contributed by atoms with Crippen LogP contribution in [0.15, 0.2) is 22.4 Å². The molecule has 0 fully saturated rings. The number of thioether (sulfide) groups is 1. The van der Waals surface area contributed by atoms with Crippen LogP contribution in [0.5, 0.6) is 0 Å². The van der Waals surface area contributed by atoms with Gasteiger partial charge in [0.05, 0.1) is 4.21 Å². The van der Waals surface area contributed by atoms with Crippen LogP contribution in [0.1, 0.15) is 0 Å². The van der Waals surface area contributed by atoms with Gasteiger partial charge in [0.15, 0.2) is 0 Å². The number of halogens is 2. The van der Waals surface area contributed by atoms with Crippen molar-refractivity contribution in [2.24, 2.45) is 0 Å². The van der Waals surface area contributed by atoms with Gasteiger partial charge in [-0.15, -0.1) is 23.1 Å². The number of benzene rings is 1. The molecule has 2 rings (SSSR count). The topological polar surface area (TPSA) is 0 Å². The molecular weight excluding hydrogens is 335 g/mol. The summed E-state index contributed by atoms with van der Waals surface area (Å²) < 4.78 is 4.02. The van der Waals surface area contributed by atoms with E-state index in [1.807, 2.05) is 23.5 Å². The number of hydrogen-bond donors (Lipinski definition) is 0. The fraction of sp³-hybridized carbons (Fsp3) is 0.111. The highest BCUT2D eigenvalue weighted by molar-refractivity contribution is 14.1. The van der Waals surface area contributed by atoms with Gasteiger partial charge in [-0.25, -0.2) is 0 Å². The van der Waals surface area contributed by atoms with Crippen LogP contribution in [-0.4, -0.2) is 6.26 Å². The van der Waals surface area contributed by atoms with Crippen LogP contribution in [0, 0.1) is 3.57 Å². The quantitative estimate of drug-likeness (QED) is 0.526. The van der Waals surface area contributed by atoms with Crippen LogP contribution < -0.4 is 0 Å². The van der Waals surface area contributed by atoms with Crippen LogP contribution >= 0.6 is 57.3 Å². The zero-order chi connectivity index (χ0) is 9.42. The zero-order valence-corrected chi connectivity index (χ0v) is 11.4. The Morgan fingerprint density at radius 3 is 2.92 bits per heavy atom. The van der Waals surface area contributed by atoms with E-state index < -0.39 is 0 Å². The second kappa shape index (κ2) is 3.96. The first-order chi connectivity index (χ1) is 6.22. The van der Waals surface area contributed by atoms with Gasteiger partial charge in [-0.2, -0.15) is 0 Å².